The predicted molar refractivity (Wildman–Crippen MR) is 84.8 cm³/mol. The lowest BCUT2D eigenvalue weighted by molar-refractivity contribution is 0.413. The third-order valence-electron chi connectivity index (χ3n) is 3.54. The molecule has 0 aliphatic carbocycles. The van der Waals surface area contributed by atoms with Crippen molar-refractivity contribution in [3.05, 3.63) is 53.8 Å². The summed E-state index contributed by atoms with van der Waals surface area (Å²) >= 11 is 0. The van der Waals surface area contributed by atoms with Crippen LogP contribution in [0.3, 0.4) is 0 Å². The molecule has 0 saturated carbocycles. The first-order valence-corrected chi connectivity index (χ1v) is 7.09. The van der Waals surface area contributed by atoms with Crippen LogP contribution < -0.4 is 0 Å². The number of nitriles is 1. The van der Waals surface area contributed by atoms with Crippen molar-refractivity contribution in [2.24, 2.45) is 0 Å². The molecule has 0 aliphatic rings. The summed E-state index contributed by atoms with van der Waals surface area (Å²) in [4.78, 5) is 4.60. The van der Waals surface area contributed by atoms with Gasteiger partial charge in [0, 0.05) is 17.2 Å². The van der Waals surface area contributed by atoms with Crippen LogP contribution >= 0.6 is 0 Å². The Morgan fingerprint density at radius 1 is 1.14 bits per heavy atom. The molecule has 0 N–H and O–H groups in total. The molecule has 22 heavy (non-hydrogen) atoms. The fourth-order valence-corrected chi connectivity index (χ4v) is 2.65. The highest BCUT2D eigenvalue weighted by molar-refractivity contribution is 5.81. The van der Waals surface area contributed by atoms with Crippen LogP contribution in [0.4, 0.5) is 4.39 Å². The highest BCUT2D eigenvalue weighted by Crippen LogP contribution is 2.31. The van der Waals surface area contributed by atoms with Gasteiger partial charge in [-0.05, 0) is 45.0 Å². The van der Waals surface area contributed by atoms with Gasteiger partial charge in [0.05, 0.1) is 22.7 Å². The van der Waals surface area contributed by atoms with Crippen molar-refractivity contribution in [2.75, 3.05) is 0 Å². The second kappa shape index (κ2) is 4.96. The molecule has 1 heterocycles. The summed E-state index contributed by atoms with van der Waals surface area (Å²) in [6, 6.07) is 14.1. The van der Waals surface area contributed by atoms with Crippen molar-refractivity contribution in [3.63, 3.8) is 0 Å². The van der Waals surface area contributed by atoms with Crippen LogP contribution in [0.15, 0.2) is 42.5 Å². The van der Waals surface area contributed by atoms with E-state index in [1.165, 1.54) is 12.1 Å². The molecule has 0 spiro atoms. The zero-order chi connectivity index (χ0) is 15.9. The first-order valence-electron chi connectivity index (χ1n) is 7.09. The molecule has 0 amide bonds. The highest BCUT2D eigenvalue weighted by atomic mass is 19.1. The van der Waals surface area contributed by atoms with Crippen molar-refractivity contribution >= 4 is 11.0 Å². The van der Waals surface area contributed by atoms with Crippen LogP contribution in [0, 0.1) is 17.1 Å². The van der Waals surface area contributed by atoms with Gasteiger partial charge in [-0.25, -0.2) is 9.37 Å². The number of fused-ring (bicyclic) bond motifs is 1. The van der Waals surface area contributed by atoms with E-state index in [1.54, 1.807) is 18.2 Å². The molecule has 0 fully saturated rings. The van der Waals surface area contributed by atoms with Crippen molar-refractivity contribution in [1.82, 2.24) is 9.55 Å². The maximum atomic E-state index is 13.5. The van der Waals surface area contributed by atoms with Gasteiger partial charge >= 0.3 is 0 Å². The lowest BCUT2D eigenvalue weighted by atomic mass is 10.1. The summed E-state index contributed by atoms with van der Waals surface area (Å²) in [5, 5.41) is 9.09. The normalized spacial score (nSPS) is 11.6. The summed E-state index contributed by atoms with van der Waals surface area (Å²) in [6.45, 7) is 6.24. The molecule has 4 heteroatoms. The minimum absolute atomic E-state index is 0.218. The average molecular weight is 293 g/mol. The topological polar surface area (TPSA) is 41.6 Å². The first kappa shape index (κ1) is 14.3. The quantitative estimate of drug-likeness (QED) is 0.664. The Labute approximate surface area is 128 Å². The smallest absolute Gasteiger partial charge is 0.141 e. The summed E-state index contributed by atoms with van der Waals surface area (Å²) in [5.74, 6) is 0.439. The standard InChI is InChI=1S/C18H16FN3/c1-18(2,3)22-16-8-7-14(19)10-15(16)21-17(22)13-6-4-5-12(9-13)11-20/h4-10H,1-3H3. The summed E-state index contributed by atoms with van der Waals surface area (Å²) in [7, 11) is 0. The molecule has 0 atom stereocenters. The van der Waals surface area contributed by atoms with Crippen LogP contribution in [0.2, 0.25) is 0 Å². The largest absolute Gasteiger partial charge is 0.319 e. The van der Waals surface area contributed by atoms with E-state index in [1.807, 2.05) is 12.1 Å². The molecule has 0 bridgehead atoms. The van der Waals surface area contributed by atoms with Gasteiger partial charge in [-0.2, -0.15) is 5.26 Å². The first-order chi connectivity index (χ1) is 10.4. The van der Waals surface area contributed by atoms with E-state index in [-0.39, 0.29) is 11.4 Å². The third kappa shape index (κ3) is 2.35. The zero-order valence-electron chi connectivity index (χ0n) is 12.8. The van der Waals surface area contributed by atoms with Gasteiger partial charge in [0.15, 0.2) is 0 Å². The number of halogens is 1. The van der Waals surface area contributed by atoms with Gasteiger partial charge in [-0.15, -0.1) is 0 Å². The Kier molecular flexibility index (Phi) is 3.22. The minimum atomic E-state index is -0.302. The van der Waals surface area contributed by atoms with Crippen LogP contribution in [0.5, 0.6) is 0 Å². The highest BCUT2D eigenvalue weighted by Gasteiger charge is 2.22. The van der Waals surface area contributed by atoms with Crippen molar-refractivity contribution in [2.45, 2.75) is 26.3 Å². The minimum Gasteiger partial charge on any atom is -0.319 e. The monoisotopic (exact) mass is 293 g/mol. The molecule has 110 valence electrons. The number of hydrogen-bond acceptors (Lipinski definition) is 2. The van der Waals surface area contributed by atoms with Gasteiger partial charge < -0.3 is 4.57 Å². The van der Waals surface area contributed by atoms with Crippen LogP contribution in [-0.4, -0.2) is 9.55 Å². The van der Waals surface area contributed by atoms with Crippen LogP contribution in [0.1, 0.15) is 26.3 Å². The van der Waals surface area contributed by atoms with E-state index in [2.05, 4.69) is 36.4 Å². The third-order valence-corrected chi connectivity index (χ3v) is 3.54. The lowest BCUT2D eigenvalue weighted by Gasteiger charge is -2.24. The molecule has 2 aromatic carbocycles. The van der Waals surface area contributed by atoms with Crippen LogP contribution in [0.25, 0.3) is 22.4 Å². The number of hydrogen-bond donors (Lipinski definition) is 0. The maximum Gasteiger partial charge on any atom is 0.141 e. The molecule has 0 aliphatic heterocycles. The fraction of sp³-hybridized carbons (Fsp3) is 0.222. The molecule has 0 unspecified atom stereocenters. The molecule has 0 saturated heterocycles. The van der Waals surface area contributed by atoms with Gasteiger partial charge in [-0.3, -0.25) is 0 Å². The van der Waals surface area contributed by atoms with E-state index < -0.39 is 0 Å². The Morgan fingerprint density at radius 2 is 1.91 bits per heavy atom. The van der Waals surface area contributed by atoms with E-state index >= 15 is 0 Å². The average Bonchev–Trinajstić information content (AvgIpc) is 2.85. The van der Waals surface area contributed by atoms with Crippen molar-refractivity contribution < 1.29 is 4.39 Å². The van der Waals surface area contributed by atoms with E-state index in [0.29, 0.717) is 11.1 Å². The van der Waals surface area contributed by atoms with Gasteiger partial charge in [0.2, 0.25) is 0 Å². The SMILES string of the molecule is CC(C)(C)n1c(-c2cccc(C#N)c2)nc2cc(F)ccc21. The molecule has 1 aromatic heterocycles. The fourth-order valence-electron chi connectivity index (χ4n) is 2.65. The van der Waals surface area contributed by atoms with E-state index in [0.717, 1.165) is 16.9 Å². The second-order valence-electron chi connectivity index (χ2n) is 6.27. The van der Waals surface area contributed by atoms with Gasteiger partial charge in [0.25, 0.3) is 0 Å². The molecule has 3 nitrogen and oxygen atoms in total. The van der Waals surface area contributed by atoms with Gasteiger partial charge in [-0.1, -0.05) is 12.1 Å². The number of nitrogens with zero attached hydrogens (tertiary/aromatic N) is 3. The number of aromatic nitrogens is 2. The Balaban J connectivity index is 2.35. The van der Waals surface area contributed by atoms with Gasteiger partial charge in [0.1, 0.15) is 11.6 Å². The molecular formula is C18H16FN3. The molecular weight excluding hydrogens is 277 g/mol. The summed E-state index contributed by atoms with van der Waals surface area (Å²) in [5.41, 5.74) is 2.71. The number of imidazole rings is 1. The lowest BCUT2D eigenvalue weighted by Crippen LogP contribution is -2.22. The predicted octanol–water partition coefficient (Wildman–Crippen LogP) is 4.47. The Bertz CT molecular complexity index is 895. The maximum absolute atomic E-state index is 13.5. The van der Waals surface area contributed by atoms with Crippen molar-refractivity contribution in [3.8, 4) is 17.5 Å². The molecule has 0 radical (unpaired) electrons. The number of rotatable bonds is 1. The second-order valence-corrected chi connectivity index (χ2v) is 6.27. The Hall–Kier alpha value is -2.67. The van der Waals surface area contributed by atoms with E-state index in [9.17, 15) is 4.39 Å². The zero-order valence-corrected chi connectivity index (χ0v) is 12.8. The summed E-state index contributed by atoms with van der Waals surface area (Å²) in [6.07, 6.45) is 0. The van der Waals surface area contributed by atoms with Crippen molar-refractivity contribution in [1.29, 1.82) is 5.26 Å². The van der Waals surface area contributed by atoms with Crippen LogP contribution in [-0.2, 0) is 5.54 Å². The summed E-state index contributed by atoms with van der Waals surface area (Å²) < 4.78 is 15.6. The molecule has 3 aromatic rings. The molecule has 3 rings (SSSR count). The Morgan fingerprint density at radius 3 is 2.59 bits per heavy atom. The number of benzene rings is 2. The van der Waals surface area contributed by atoms with E-state index in [4.69, 9.17) is 5.26 Å².